The van der Waals surface area contributed by atoms with Crippen molar-refractivity contribution in [1.29, 1.82) is 0 Å². The highest BCUT2D eigenvalue weighted by Gasteiger charge is 2.25. The maximum Gasteiger partial charge on any atom is 0.0828 e. The third-order valence-electron chi connectivity index (χ3n) is 3.39. The summed E-state index contributed by atoms with van der Waals surface area (Å²) in [6, 6.07) is 0.423. The van der Waals surface area contributed by atoms with Crippen molar-refractivity contribution in [2.24, 2.45) is 0 Å². The summed E-state index contributed by atoms with van der Waals surface area (Å²) in [5.41, 5.74) is 3.49. The number of ether oxygens (including phenoxy) is 1. The molecule has 0 aromatic carbocycles. The first kappa shape index (κ1) is 11.5. The van der Waals surface area contributed by atoms with E-state index in [1.807, 2.05) is 4.68 Å². The molecule has 0 aliphatic carbocycles. The van der Waals surface area contributed by atoms with Crippen LogP contribution in [-0.4, -0.2) is 28.5 Å². The van der Waals surface area contributed by atoms with Crippen LogP contribution in [-0.2, 0) is 11.3 Å². The van der Waals surface area contributed by atoms with Crippen LogP contribution in [0.1, 0.15) is 31.7 Å². The molecule has 1 aromatic heterocycles. The van der Waals surface area contributed by atoms with E-state index in [1.54, 1.807) is 0 Å². The predicted octanol–water partition coefficient (Wildman–Crippen LogP) is 2.11. The van der Waals surface area contributed by atoms with E-state index in [0.29, 0.717) is 12.1 Å². The lowest BCUT2D eigenvalue weighted by Gasteiger charge is -2.17. The summed E-state index contributed by atoms with van der Waals surface area (Å²) >= 11 is 0. The van der Waals surface area contributed by atoms with Gasteiger partial charge in [0.05, 0.1) is 29.2 Å². The molecule has 1 aromatic rings. The Balaban J connectivity index is 2.17. The van der Waals surface area contributed by atoms with Crippen LogP contribution in [0.25, 0.3) is 0 Å². The number of hydrogen-bond donors (Lipinski definition) is 1. The largest absolute Gasteiger partial charge is 0.377 e. The highest BCUT2D eigenvalue weighted by atomic mass is 16.5. The smallest absolute Gasteiger partial charge is 0.0828 e. The van der Waals surface area contributed by atoms with Crippen LogP contribution in [0.5, 0.6) is 0 Å². The lowest BCUT2D eigenvalue weighted by molar-refractivity contribution is 0.121. The van der Waals surface area contributed by atoms with Gasteiger partial charge in [0.1, 0.15) is 0 Å². The van der Waals surface area contributed by atoms with E-state index in [1.165, 1.54) is 11.4 Å². The Morgan fingerprint density at radius 2 is 2.25 bits per heavy atom. The third kappa shape index (κ3) is 1.94. The number of nitrogens with one attached hydrogen (secondary N) is 1. The highest BCUT2D eigenvalue weighted by Crippen LogP contribution is 2.24. The van der Waals surface area contributed by atoms with Crippen molar-refractivity contribution in [3.63, 3.8) is 0 Å². The fourth-order valence-electron chi connectivity index (χ4n) is 2.32. The Morgan fingerprint density at radius 3 is 2.75 bits per heavy atom. The topological polar surface area (TPSA) is 39.1 Å². The summed E-state index contributed by atoms with van der Waals surface area (Å²) in [5.74, 6) is 0. The fourth-order valence-corrected chi connectivity index (χ4v) is 2.32. The molecule has 0 radical (unpaired) electrons. The normalized spacial score (nSPS) is 25.0. The first-order valence-electron chi connectivity index (χ1n) is 6.05. The lowest BCUT2D eigenvalue weighted by Crippen LogP contribution is -2.27. The van der Waals surface area contributed by atoms with Crippen LogP contribution in [0, 0.1) is 13.8 Å². The summed E-state index contributed by atoms with van der Waals surface area (Å²) in [4.78, 5) is 0. The summed E-state index contributed by atoms with van der Waals surface area (Å²) < 4.78 is 7.60. The molecule has 0 bridgehead atoms. The highest BCUT2D eigenvalue weighted by molar-refractivity contribution is 5.53. The molecule has 4 nitrogen and oxygen atoms in total. The van der Waals surface area contributed by atoms with E-state index in [2.05, 4.69) is 38.1 Å². The summed E-state index contributed by atoms with van der Waals surface area (Å²) in [5, 5.41) is 8.08. The zero-order chi connectivity index (χ0) is 11.7. The molecule has 16 heavy (non-hydrogen) atoms. The molecule has 0 spiro atoms. The van der Waals surface area contributed by atoms with Gasteiger partial charge >= 0.3 is 0 Å². The minimum Gasteiger partial charge on any atom is -0.377 e. The molecule has 1 N–H and O–H groups in total. The van der Waals surface area contributed by atoms with Gasteiger partial charge < -0.3 is 10.1 Å². The number of aromatic nitrogens is 2. The average molecular weight is 223 g/mol. The fraction of sp³-hybridized carbons (Fsp3) is 0.750. The second kappa shape index (κ2) is 4.45. The van der Waals surface area contributed by atoms with Crippen molar-refractivity contribution in [3.8, 4) is 0 Å². The van der Waals surface area contributed by atoms with Gasteiger partial charge in [-0.3, -0.25) is 4.68 Å². The number of aryl methyl sites for hydroxylation is 2. The molecule has 2 atom stereocenters. The van der Waals surface area contributed by atoms with Crippen molar-refractivity contribution in [3.05, 3.63) is 11.4 Å². The third-order valence-corrected chi connectivity index (χ3v) is 3.39. The molecule has 2 heterocycles. The van der Waals surface area contributed by atoms with Crippen LogP contribution in [0.15, 0.2) is 0 Å². The van der Waals surface area contributed by atoms with E-state index in [9.17, 15) is 0 Å². The maximum atomic E-state index is 5.56. The Labute approximate surface area is 97.0 Å². The van der Waals surface area contributed by atoms with Crippen molar-refractivity contribution in [2.45, 2.75) is 52.8 Å². The predicted molar refractivity (Wildman–Crippen MR) is 64.8 cm³/mol. The van der Waals surface area contributed by atoms with Crippen molar-refractivity contribution >= 4 is 5.69 Å². The van der Waals surface area contributed by atoms with E-state index >= 15 is 0 Å². The van der Waals surface area contributed by atoms with Gasteiger partial charge in [-0.25, -0.2) is 0 Å². The van der Waals surface area contributed by atoms with Crippen molar-refractivity contribution < 1.29 is 4.74 Å². The summed E-state index contributed by atoms with van der Waals surface area (Å²) in [6.07, 6.45) is 1.38. The Bertz CT molecular complexity index is 373. The van der Waals surface area contributed by atoms with Gasteiger partial charge in [0, 0.05) is 13.2 Å². The molecule has 1 aliphatic heterocycles. The first-order chi connectivity index (χ1) is 7.63. The molecule has 0 amide bonds. The van der Waals surface area contributed by atoms with Gasteiger partial charge in [-0.1, -0.05) is 0 Å². The SMILES string of the molecule is CCn1nc(C)c(N[C@H]2CCO[C@H]2C)c1C. The second-order valence-corrected chi connectivity index (χ2v) is 4.48. The molecular formula is C12H21N3O. The molecule has 1 aliphatic rings. The van der Waals surface area contributed by atoms with Crippen LogP contribution >= 0.6 is 0 Å². The molecule has 2 rings (SSSR count). The zero-order valence-corrected chi connectivity index (χ0v) is 10.6. The maximum absolute atomic E-state index is 5.56. The minimum atomic E-state index is 0.295. The van der Waals surface area contributed by atoms with Gasteiger partial charge in [0.2, 0.25) is 0 Å². The average Bonchev–Trinajstić information content (AvgIpc) is 2.77. The molecule has 4 heteroatoms. The standard InChI is InChI=1S/C12H21N3O/c1-5-15-9(3)12(8(2)14-15)13-11-6-7-16-10(11)4/h10-11,13H,5-7H2,1-4H3/t10-,11-/m0/s1. The second-order valence-electron chi connectivity index (χ2n) is 4.48. The molecule has 0 unspecified atom stereocenters. The van der Waals surface area contributed by atoms with E-state index in [4.69, 9.17) is 4.74 Å². The molecule has 1 saturated heterocycles. The van der Waals surface area contributed by atoms with Crippen molar-refractivity contribution in [2.75, 3.05) is 11.9 Å². The first-order valence-corrected chi connectivity index (χ1v) is 6.05. The van der Waals surface area contributed by atoms with Gasteiger partial charge in [-0.2, -0.15) is 5.10 Å². The van der Waals surface area contributed by atoms with Gasteiger partial charge in [-0.05, 0) is 34.1 Å². The van der Waals surface area contributed by atoms with Crippen LogP contribution < -0.4 is 5.32 Å². The number of hydrogen-bond acceptors (Lipinski definition) is 3. The Hall–Kier alpha value is -1.03. The number of anilines is 1. The number of nitrogens with zero attached hydrogens (tertiary/aromatic N) is 2. The lowest BCUT2D eigenvalue weighted by atomic mass is 10.1. The van der Waals surface area contributed by atoms with E-state index < -0.39 is 0 Å². The monoisotopic (exact) mass is 223 g/mol. The van der Waals surface area contributed by atoms with Gasteiger partial charge in [0.15, 0.2) is 0 Å². The Kier molecular flexibility index (Phi) is 3.19. The molecule has 1 fully saturated rings. The summed E-state index contributed by atoms with van der Waals surface area (Å²) in [6.45, 7) is 10.2. The number of rotatable bonds is 3. The van der Waals surface area contributed by atoms with Gasteiger partial charge in [0.25, 0.3) is 0 Å². The van der Waals surface area contributed by atoms with Crippen molar-refractivity contribution in [1.82, 2.24) is 9.78 Å². The van der Waals surface area contributed by atoms with Crippen LogP contribution in [0.4, 0.5) is 5.69 Å². The molecule has 0 saturated carbocycles. The quantitative estimate of drug-likeness (QED) is 0.853. The molecular weight excluding hydrogens is 202 g/mol. The van der Waals surface area contributed by atoms with Crippen LogP contribution in [0.3, 0.4) is 0 Å². The summed E-state index contributed by atoms with van der Waals surface area (Å²) in [7, 11) is 0. The van der Waals surface area contributed by atoms with Gasteiger partial charge in [-0.15, -0.1) is 0 Å². The zero-order valence-electron chi connectivity index (χ0n) is 10.6. The van der Waals surface area contributed by atoms with E-state index in [0.717, 1.165) is 25.3 Å². The van der Waals surface area contributed by atoms with Crippen LogP contribution in [0.2, 0.25) is 0 Å². The molecule has 90 valence electrons. The minimum absolute atomic E-state index is 0.295. The van der Waals surface area contributed by atoms with E-state index in [-0.39, 0.29) is 0 Å². The Morgan fingerprint density at radius 1 is 1.50 bits per heavy atom.